The highest BCUT2D eigenvalue weighted by Gasteiger charge is 2.20. The summed E-state index contributed by atoms with van der Waals surface area (Å²) in [7, 11) is 1.58. The Hall–Kier alpha value is -3.32. The molecule has 2 N–H and O–H groups in total. The van der Waals surface area contributed by atoms with Gasteiger partial charge in [-0.1, -0.05) is 24.3 Å². The van der Waals surface area contributed by atoms with Crippen LogP contribution < -0.4 is 15.6 Å². The van der Waals surface area contributed by atoms with Gasteiger partial charge in [-0.3, -0.25) is 4.79 Å². The fourth-order valence-corrected chi connectivity index (χ4v) is 4.15. The average molecular weight is 435 g/mol. The van der Waals surface area contributed by atoms with Crippen LogP contribution >= 0.6 is 0 Å². The molecule has 0 radical (unpaired) electrons. The zero-order chi connectivity index (χ0) is 22.5. The van der Waals surface area contributed by atoms with E-state index in [1.807, 2.05) is 43.3 Å². The number of para-hydroxylation sites is 2. The molecule has 1 saturated heterocycles. The van der Waals surface area contributed by atoms with Gasteiger partial charge >= 0.3 is 6.03 Å². The Labute approximate surface area is 188 Å². The van der Waals surface area contributed by atoms with Crippen LogP contribution in [-0.2, 0) is 6.54 Å². The van der Waals surface area contributed by atoms with E-state index in [9.17, 15) is 9.59 Å². The minimum atomic E-state index is -0.253. The summed E-state index contributed by atoms with van der Waals surface area (Å²) < 4.78 is 5.37. The molecule has 32 heavy (non-hydrogen) atoms. The van der Waals surface area contributed by atoms with E-state index in [-0.39, 0.29) is 18.1 Å². The highest BCUT2D eigenvalue weighted by Crippen LogP contribution is 2.24. The summed E-state index contributed by atoms with van der Waals surface area (Å²) in [6.45, 7) is 5.65. The molecule has 4 rings (SSSR count). The molecule has 0 atom stereocenters. The molecule has 0 unspecified atom stereocenters. The number of anilines is 1. The zero-order valence-corrected chi connectivity index (χ0v) is 18.7. The number of likely N-dealkylation sites (tertiary alicyclic amines) is 1. The zero-order valence-electron chi connectivity index (χ0n) is 18.7. The molecule has 7 heteroatoms. The van der Waals surface area contributed by atoms with E-state index in [1.165, 1.54) is 12.8 Å². The number of fused-ring (bicyclic) bond motifs is 1. The van der Waals surface area contributed by atoms with Crippen LogP contribution in [0.25, 0.3) is 10.9 Å². The van der Waals surface area contributed by atoms with Crippen molar-refractivity contribution in [1.82, 2.24) is 14.8 Å². The second-order valence-corrected chi connectivity index (χ2v) is 8.32. The topological polar surface area (TPSA) is 77.7 Å². The number of nitrogens with zero attached hydrogens (tertiary/aromatic N) is 2. The number of aryl methyl sites for hydroxylation is 1. The number of hydrogen-bond donors (Lipinski definition) is 2. The monoisotopic (exact) mass is 434 g/mol. The van der Waals surface area contributed by atoms with Crippen molar-refractivity contribution in [3.05, 3.63) is 70.0 Å². The number of H-pyrrole nitrogens is 1. The largest absolute Gasteiger partial charge is 0.495 e. The third-order valence-electron chi connectivity index (χ3n) is 5.96. The van der Waals surface area contributed by atoms with Crippen LogP contribution in [0.2, 0.25) is 0 Å². The molecular weight excluding hydrogens is 404 g/mol. The lowest BCUT2D eigenvalue weighted by molar-refractivity contribution is 0.197. The molecule has 0 saturated carbocycles. The van der Waals surface area contributed by atoms with E-state index >= 15 is 0 Å². The van der Waals surface area contributed by atoms with Gasteiger partial charge in [-0.2, -0.15) is 0 Å². The van der Waals surface area contributed by atoms with E-state index < -0.39 is 0 Å². The molecule has 1 aliphatic rings. The maximum atomic E-state index is 13.2. The number of ether oxygens (including phenoxy) is 1. The van der Waals surface area contributed by atoms with Crippen molar-refractivity contribution in [3.8, 4) is 5.75 Å². The summed E-state index contributed by atoms with van der Waals surface area (Å²) in [6.07, 6.45) is 2.38. The number of aromatic nitrogens is 1. The van der Waals surface area contributed by atoms with E-state index in [1.54, 1.807) is 24.1 Å². The minimum absolute atomic E-state index is 0.167. The molecule has 3 aromatic rings. The molecule has 0 bridgehead atoms. The molecular formula is C25H30N4O3. The molecule has 1 fully saturated rings. The van der Waals surface area contributed by atoms with Gasteiger partial charge in [0.05, 0.1) is 19.3 Å². The number of hydrogen-bond acceptors (Lipinski definition) is 4. The molecule has 168 valence electrons. The summed E-state index contributed by atoms with van der Waals surface area (Å²) in [4.78, 5) is 33.0. The van der Waals surface area contributed by atoms with Crippen LogP contribution in [0.1, 0.15) is 24.0 Å². The van der Waals surface area contributed by atoms with Gasteiger partial charge in [-0.25, -0.2) is 4.79 Å². The number of nitrogens with one attached hydrogen (secondary N) is 2. The summed E-state index contributed by atoms with van der Waals surface area (Å²) in [6, 6.07) is 14.9. The number of urea groups is 1. The van der Waals surface area contributed by atoms with E-state index in [0.29, 0.717) is 23.5 Å². The molecule has 2 amide bonds. The Morgan fingerprint density at radius 1 is 1.16 bits per heavy atom. The highest BCUT2D eigenvalue weighted by atomic mass is 16.5. The molecule has 0 spiro atoms. The van der Waals surface area contributed by atoms with Gasteiger partial charge in [0, 0.05) is 24.2 Å². The molecule has 1 aliphatic heterocycles. The highest BCUT2D eigenvalue weighted by molar-refractivity contribution is 5.91. The Bertz CT molecular complexity index is 1150. The lowest BCUT2D eigenvalue weighted by Gasteiger charge is -2.26. The van der Waals surface area contributed by atoms with Crippen LogP contribution in [0, 0.1) is 6.92 Å². The van der Waals surface area contributed by atoms with Crippen molar-refractivity contribution in [3.63, 3.8) is 0 Å². The molecule has 1 aromatic heterocycles. The van der Waals surface area contributed by atoms with Crippen molar-refractivity contribution in [2.24, 2.45) is 0 Å². The second kappa shape index (κ2) is 9.87. The van der Waals surface area contributed by atoms with Gasteiger partial charge in [-0.15, -0.1) is 0 Å². The number of aromatic amines is 1. The Balaban J connectivity index is 1.57. The first-order valence-corrected chi connectivity index (χ1v) is 11.1. The fourth-order valence-electron chi connectivity index (χ4n) is 4.15. The first-order valence-electron chi connectivity index (χ1n) is 11.1. The third kappa shape index (κ3) is 5.11. The second-order valence-electron chi connectivity index (χ2n) is 8.32. The maximum absolute atomic E-state index is 13.2. The molecule has 7 nitrogen and oxygen atoms in total. The fraction of sp³-hybridized carbons (Fsp3) is 0.360. The van der Waals surface area contributed by atoms with Crippen molar-refractivity contribution in [2.45, 2.75) is 26.3 Å². The van der Waals surface area contributed by atoms with Crippen LogP contribution in [0.3, 0.4) is 0 Å². The predicted octanol–water partition coefficient (Wildman–Crippen LogP) is 3.98. The van der Waals surface area contributed by atoms with Crippen LogP contribution in [0.4, 0.5) is 10.5 Å². The Morgan fingerprint density at radius 3 is 2.72 bits per heavy atom. The van der Waals surface area contributed by atoms with Crippen molar-refractivity contribution < 1.29 is 9.53 Å². The first kappa shape index (κ1) is 21.9. The van der Waals surface area contributed by atoms with E-state index in [0.717, 1.165) is 36.1 Å². The van der Waals surface area contributed by atoms with Gasteiger partial charge in [0.15, 0.2) is 0 Å². The average Bonchev–Trinajstić information content (AvgIpc) is 3.31. The predicted molar refractivity (Wildman–Crippen MR) is 127 cm³/mol. The van der Waals surface area contributed by atoms with Gasteiger partial charge in [0.25, 0.3) is 5.56 Å². The number of carbonyl (C=O) groups excluding carboxylic acids is 1. The number of rotatable bonds is 7. The number of benzene rings is 2. The molecule has 2 aromatic carbocycles. The van der Waals surface area contributed by atoms with Gasteiger partial charge in [0.1, 0.15) is 5.75 Å². The summed E-state index contributed by atoms with van der Waals surface area (Å²) in [5, 5.41) is 3.91. The third-order valence-corrected chi connectivity index (χ3v) is 5.96. The van der Waals surface area contributed by atoms with Crippen molar-refractivity contribution >= 4 is 22.6 Å². The number of methoxy groups -OCH3 is 1. The summed E-state index contributed by atoms with van der Waals surface area (Å²) >= 11 is 0. The van der Waals surface area contributed by atoms with E-state index in [4.69, 9.17) is 4.74 Å². The number of amides is 2. The molecule has 0 aliphatic carbocycles. The molecule has 2 heterocycles. The minimum Gasteiger partial charge on any atom is -0.495 e. The summed E-state index contributed by atoms with van der Waals surface area (Å²) in [5.74, 6) is 0.597. The number of carbonyl (C=O) groups is 1. The normalized spacial score (nSPS) is 13.9. The standard InChI is InChI=1S/C25H30N4O3/c1-18-9-10-19-16-20(24(30)26-22(19)15-18)17-29(14-13-28-11-5-6-12-28)25(31)27-21-7-3-4-8-23(21)32-2/h3-4,7-10,15-16H,5-6,11-14,17H2,1-2H3,(H,26,30)(H,27,31). The smallest absolute Gasteiger partial charge is 0.322 e. The SMILES string of the molecule is COc1ccccc1NC(=O)N(CCN1CCCC1)Cc1cc2ccc(C)cc2[nH]c1=O. The van der Waals surface area contributed by atoms with Crippen LogP contribution in [-0.4, -0.2) is 54.1 Å². The van der Waals surface area contributed by atoms with Gasteiger partial charge < -0.3 is 24.8 Å². The summed E-state index contributed by atoms with van der Waals surface area (Å²) in [5.41, 5.74) is 2.90. The number of pyridine rings is 1. The quantitative estimate of drug-likeness (QED) is 0.590. The van der Waals surface area contributed by atoms with Crippen LogP contribution in [0.5, 0.6) is 5.75 Å². The Morgan fingerprint density at radius 2 is 1.94 bits per heavy atom. The van der Waals surface area contributed by atoms with Gasteiger partial charge in [0.2, 0.25) is 0 Å². The van der Waals surface area contributed by atoms with Crippen LogP contribution in [0.15, 0.2) is 53.3 Å². The lowest BCUT2D eigenvalue weighted by atomic mass is 10.1. The first-order chi connectivity index (χ1) is 15.5. The van der Waals surface area contributed by atoms with E-state index in [2.05, 4.69) is 15.2 Å². The van der Waals surface area contributed by atoms with Crippen molar-refractivity contribution in [2.75, 3.05) is 38.6 Å². The lowest BCUT2D eigenvalue weighted by Crippen LogP contribution is -2.41. The maximum Gasteiger partial charge on any atom is 0.322 e. The Kier molecular flexibility index (Phi) is 6.75. The van der Waals surface area contributed by atoms with Crippen molar-refractivity contribution in [1.29, 1.82) is 0 Å². The van der Waals surface area contributed by atoms with Gasteiger partial charge in [-0.05, 0) is 68.1 Å².